The molecule has 110 valence electrons. The smallest absolute Gasteiger partial charge is 0.221 e. The number of carbonyl (C=O) groups is 1. The third-order valence-corrected chi connectivity index (χ3v) is 3.60. The van der Waals surface area contributed by atoms with E-state index >= 15 is 0 Å². The van der Waals surface area contributed by atoms with E-state index < -0.39 is 0 Å². The second-order valence-electron chi connectivity index (χ2n) is 5.18. The van der Waals surface area contributed by atoms with E-state index in [0.717, 1.165) is 31.9 Å². The molecule has 1 aromatic rings. The van der Waals surface area contributed by atoms with Gasteiger partial charge >= 0.3 is 0 Å². The number of hydrogen-bond acceptors (Lipinski definition) is 4. The summed E-state index contributed by atoms with van der Waals surface area (Å²) in [5.41, 5.74) is 1.20. The molecule has 1 amide bonds. The summed E-state index contributed by atoms with van der Waals surface area (Å²) < 4.78 is 0. The topological polar surface area (TPSA) is 57.3 Å². The molecule has 0 bridgehead atoms. The molecule has 5 heteroatoms. The number of rotatable bonds is 5. The summed E-state index contributed by atoms with van der Waals surface area (Å²) in [5.74, 6) is 1.13. The zero-order valence-electron chi connectivity index (χ0n) is 12.4. The standard InChI is InChI=1S/C15H24N4O/c1-3-7-16-12(2)13-5-4-8-18-15(13)19-10-6-14(20)17-9-11-19/h4-5,8,12,16H,3,6-7,9-11H2,1-2H3,(H,17,20). The van der Waals surface area contributed by atoms with Gasteiger partial charge in [-0.3, -0.25) is 4.79 Å². The van der Waals surface area contributed by atoms with Crippen molar-refractivity contribution in [3.05, 3.63) is 23.9 Å². The van der Waals surface area contributed by atoms with Crippen LogP contribution in [0.1, 0.15) is 38.3 Å². The van der Waals surface area contributed by atoms with E-state index in [1.54, 1.807) is 0 Å². The van der Waals surface area contributed by atoms with E-state index in [-0.39, 0.29) is 11.9 Å². The van der Waals surface area contributed by atoms with E-state index in [1.165, 1.54) is 5.56 Å². The third kappa shape index (κ3) is 3.70. The molecule has 1 saturated heterocycles. The number of nitrogens with zero attached hydrogens (tertiary/aromatic N) is 2. The summed E-state index contributed by atoms with van der Waals surface area (Å²) in [7, 11) is 0. The van der Waals surface area contributed by atoms with Crippen LogP contribution in [0.4, 0.5) is 5.82 Å². The SMILES string of the molecule is CCCNC(C)c1cccnc1N1CCNC(=O)CC1. The minimum absolute atomic E-state index is 0.127. The van der Waals surface area contributed by atoms with Gasteiger partial charge in [0.05, 0.1) is 0 Å². The molecule has 1 fully saturated rings. The molecule has 2 heterocycles. The van der Waals surface area contributed by atoms with Gasteiger partial charge in [0.2, 0.25) is 5.91 Å². The molecule has 0 saturated carbocycles. The highest BCUT2D eigenvalue weighted by molar-refractivity contribution is 5.77. The first-order valence-corrected chi connectivity index (χ1v) is 7.42. The first-order chi connectivity index (χ1) is 9.72. The van der Waals surface area contributed by atoms with Crippen molar-refractivity contribution in [1.29, 1.82) is 0 Å². The van der Waals surface area contributed by atoms with Crippen LogP contribution in [-0.2, 0) is 4.79 Å². The summed E-state index contributed by atoms with van der Waals surface area (Å²) in [5, 5.41) is 6.41. The largest absolute Gasteiger partial charge is 0.354 e. The molecule has 0 radical (unpaired) electrons. The molecule has 1 unspecified atom stereocenters. The number of aromatic nitrogens is 1. The van der Waals surface area contributed by atoms with Gasteiger partial charge in [0.15, 0.2) is 0 Å². The fraction of sp³-hybridized carbons (Fsp3) is 0.600. The Labute approximate surface area is 120 Å². The van der Waals surface area contributed by atoms with Crippen molar-refractivity contribution in [2.24, 2.45) is 0 Å². The van der Waals surface area contributed by atoms with Crippen molar-refractivity contribution in [3.8, 4) is 0 Å². The molecule has 1 aliphatic heterocycles. The average Bonchev–Trinajstić information content (AvgIpc) is 2.69. The lowest BCUT2D eigenvalue weighted by molar-refractivity contribution is -0.120. The van der Waals surface area contributed by atoms with E-state index in [0.29, 0.717) is 13.0 Å². The molecule has 5 nitrogen and oxygen atoms in total. The predicted octanol–water partition coefficient (Wildman–Crippen LogP) is 1.47. The van der Waals surface area contributed by atoms with Crippen LogP contribution < -0.4 is 15.5 Å². The lowest BCUT2D eigenvalue weighted by atomic mass is 10.1. The van der Waals surface area contributed by atoms with E-state index in [9.17, 15) is 4.79 Å². The van der Waals surface area contributed by atoms with Gasteiger partial charge in [0, 0.05) is 43.9 Å². The van der Waals surface area contributed by atoms with Crippen molar-refractivity contribution >= 4 is 11.7 Å². The molecular weight excluding hydrogens is 252 g/mol. The summed E-state index contributed by atoms with van der Waals surface area (Å²) in [6.07, 6.45) is 3.47. The molecule has 1 aliphatic rings. The van der Waals surface area contributed by atoms with E-state index in [1.807, 2.05) is 12.3 Å². The monoisotopic (exact) mass is 276 g/mol. The van der Waals surface area contributed by atoms with Crippen molar-refractivity contribution in [3.63, 3.8) is 0 Å². The van der Waals surface area contributed by atoms with Crippen LogP contribution in [0.15, 0.2) is 18.3 Å². The van der Waals surface area contributed by atoms with Crippen LogP contribution in [0, 0.1) is 0 Å². The fourth-order valence-corrected chi connectivity index (χ4v) is 2.46. The van der Waals surface area contributed by atoms with Crippen LogP contribution >= 0.6 is 0 Å². The van der Waals surface area contributed by atoms with Gasteiger partial charge < -0.3 is 15.5 Å². The maximum absolute atomic E-state index is 11.4. The maximum Gasteiger partial charge on any atom is 0.221 e. The van der Waals surface area contributed by atoms with Gasteiger partial charge in [-0.2, -0.15) is 0 Å². The van der Waals surface area contributed by atoms with Crippen molar-refractivity contribution in [2.45, 2.75) is 32.7 Å². The van der Waals surface area contributed by atoms with Crippen molar-refractivity contribution in [2.75, 3.05) is 31.1 Å². The maximum atomic E-state index is 11.4. The minimum atomic E-state index is 0.127. The molecular formula is C15H24N4O. The number of hydrogen-bond donors (Lipinski definition) is 2. The van der Waals surface area contributed by atoms with E-state index in [4.69, 9.17) is 0 Å². The molecule has 0 aromatic carbocycles. The Hall–Kier alpha value is -1.62. The first kappa shape index (κ1) is 14.8. The Bertz CT molecular complexity index is 449. The fourth-order valence-electron chi connectivity index (χ4n) is 2.46. The quantitative estimate of drug-likeness (QED) is 0.855. The van der Waals surface area contributed by atoms with Gasteiger partial charge in [-0.05, 0) is 26.0 Å². The highest BCUT2D eigenvalue weighted by Crippen LogP contribution is 2.24. The highest BCUT2D eigenvalue weighted by Gasteiger charge is 2.19. The molecule has 20 heavy (non-hydrogen) atoms. The van der Waals surface area contributed by atoms with Gasteiger partial charge in [-0.25, -0.2) is 4.98 Å². The van der Waals surface area contributed by atoms with Crippen molar-refractivity contribution < 1.29 is 4.79 Å². The Morgan fingerprint density at radius 3 is 3.15 bits per heavy atom. The van der Waals surface area contributed by atoms with Gasteiger partial charge in [0.25, 0.3) is 0 Å². The molecule has 0 spiro atoms. The van der Waals surface area contributed by atoms with Gasteiger partial charge in [-0.15, -0.1) is 0 Å². The third-order valence-electron chi connectivity index (χ3n) is 3.60. The lowest BCUT2D eigenvalue weighted by Crippen LogP contribution is -2.31. The van der Waals surface area contributed by atoms with Crippen LogP contribution in [0.25, 0.3) is 0 Å². The van der Waals surface area contributed by atoms with Crippen LogP contribution in [-0.4, -0.2) is 37.1 Å². The second kappa shape index (κ2) is 7.24. The predicted molar refractivity (Wildman–Crippen MR) is 80.8 cm³/mol. The number of amides is 1. The molecule has 2 N–H and O–H groups in total. The minimum Gasteiger partial charge on any atom is -0.354 e. The summed E-state index contributed by atoms with van der Waals surface area (Å²) in [6.45, 7) is 7.56. The molecule has 1 aromatic heterocycles. The Kier molecular flexibility index (Phi) is 5.35. The molecule has 1 atom stereocenters. The van der Waals surface area contributed by atoms with Crippen LogP contribution in [0.3, 0.4) is 0 Å². The zero-order chi connectivity index (χ0) is 14.4. The number of nitrogens with one attached hydrogen (secondary N) is 2. The van der Waals surface area contributed by atoms with Gasteiger partial charge in [-0.1, -0.05) is 13.0 Å². The summed E-state index contributed by atoms with van der Waals surface area (Å²) in [4.78, 5) is 18.2. The zero-order valence-corrected chi connectivity index (χ0v) is 12.4. The molecule has 0 aliphatic carbocycles. The number of anilines is 1. The van der Waals surface area contributed by atoms with Crippen LogP contribution in [0.2, 0.25) is 0 Å². The lowest BCUT2D eigenvalue weighted by Gasteiger charge is -2.26. The molecule has 2 rings (SSSR count). The number of pyridine rings is 1. The van der Waals surface area contributed by atoms with E-state index in [2.05, 4.69) is 40.4 Å². The Balaban J connectivity index is 2.16. The van der Waals surface area contributed by atoms with Gasteiger partial charge in [0.1, 0.15) is 5.82 Å². The average molecular weight is 276 g/mol. The second-order valence-corrected chi connectivity index (χ2v) is 5.18. The summed E-state index contributed by atoms with van der Waals surface area (Å²) in [6, 6.07) is 4.37. The normalized spacial score (nSPS) is 17.5. The van der Waals surface area contributed by atoms with Crippen LogP contribution in [0.5, 0.6) is 0 Å². The van der Waals surface area contributed by atoms with Crippen molar-refractivity contribution in [1.82, 2.24) is 15.6 Å². The Morgan fingerprint density at radius 2 is 2.35 bits per heavy atom. The number of carbonyl (C=O) groups excluding carboxylic acids is 1. The first-order valence-electron chi connectivity index (χ1n) is 7.42. The summed E-state index contributed by atoms with van der Waals surface area (Å²) >= 11 is 0. The highest BCUT2D eigenvalue weighted by atomic mass is 16.1. The Morgan fingerprint density at radius 1 is 1.50 bits per heavy atom.